The van der Waals surface area contributed by atoms with E-state index in [2.05, 4.69) is 38.1 Å². The highest BCUT2D eigenvalue weighted by Gasteiger charge is 2.17. The Morgan fingerprint density at radius 1 is 1.12 bits per heavy atom. The van der Waals surface area contributed by atoms with Crippen LogP contribution in [0, 0.1) is 0 Å². The average molecular weight is 221 g/mol. The Morgan fingerprint density at radius 3 is 2.19 bits per heavy atom. The maximum Gasteiger partial charge on any atom is 0.0764 e. The molecular weight excluding hydrogens is 198 g/mol. The Bertz CT molecular complexity index is 294. The molecule has 90 valence electrons. The van der Waals surface area contributed by atoms with Gasteiger partial charge in [0, 0.05) is 6.61 Å². The van der Waals surface area contributed by atoms with Gasteiger partial charge in [-0.05, 0) is 30.9 Å². The average Bonchev–Trinajstić information content (AvgIpc) is 2.35. The van der Waals surface area contributed by atoms with Gasteiger partial charge in [-0.3, -0.25) is 0 Å². The van der Waals surface area contributed by atoms with Crippen molar-refractivity contribution in [3.8, 4) is 0 Å². The molecule has 2 unspecified atom stereocenters. The summed E-state index contributed by atoms with van der Waals surface area (Å²) in [6.45, 7) is 7.00. The summed E-state index contributed by atoms with van der Waals surface area (Å²) in [5.41, 5.74) is 8.71. The summed E-state index contributed by atoms with van der Waals surface area (Å²) < 4.78 is 5.64. The lowest BCUT2D eigenvalue weighted by molar-refractivity contribution is 0.0413. The zero-order valence-corrected chi connectivity index (χ0v) is 10.6. The summed E-state index contributed by atoms with van der Waals surface area (Å²) in [4.78, 5) is 0. The summed E-state index contributed by atoms with van der Waals surface area (Å²) in [6.07, 6.45) is 2.14. The summed E-state index contributed by atoms with van der Waals surface area (Å²) >= 11 is 0. The molecule has 1 aromatic rings. The molecule has 0 radical (unpaired) electrons. The van der Waals surface area contributed by atoms with Gasteiger partial charge in [-0.25, -0.2) is 0 Å². The Labute approximate surface area is 98.8 Å². The molecule has 2 heteroatoms. The highest BCUT2D eigenvalue weighted by Crippen LogP contribution is 2.19. The summed E-state index contributed by atoms with van der Waals surface area (Å²) in [5.74, 6) is 0. The van der Waals surface area contributed by atoms with Gasteiger partial charge in [0.25, 0.3) is 0 Å². The van der Waals surface area contributed by atoms with Gasteiger partial charge in [-0.15, -0.1) is 0 Å². The van der Waals surface area contributed by atoms with E-state index in [-0.39, 0.29) is 12.1 Å². The van der Waals surface area contributed by atoms with Crippen LogP contribution in [-0.4, -0.2) is 12.7 Å². The van der Waals surface area contributed by atoms with Crippen LogP contribution < -0.4 is 5.73 Å². The second kappa shape index (κ2) is 6.66. The number of aryl methyl sites for hydroxylation is 1. The standard InChI is InChI=1S/C14H23NO/c1-4-11-7-9-12(10-8-11)14(15)13(5-2)16-6-3/h7-10,13-14H,4-6,15H2,1-3H3. The van der Waals surface area contributed by atoms with Crippen LogP contribution in [0.15, 0.2) is 24.3 Å². The van der Waals surface area contributed by atoms with Gasteiger partial charge >= 0.3 is 0 Å². The van der Waals surface area contributed by atoms with E-state index in [0.29, 0.717) is 0 Å². The number of nitrogens with two attached hydrogens (primary N) is 1. The van der Waals surface area contributed by atoms with E-state index in [4.69, 9.17) is 10.5 Å². The third kappa shape index (κ3) is 3.32. The van der Waals surface area contributed by atoms with Crippen molar-refractivity contribution in [1.29, 1.82) is 0 Å². The number of benzene rings is 1. The predicted octanol–water partition coefficient (Wildman–Crippen LogP) is 3.06. The molecular formula is C14H23NO. The van der Waals surface area contributed by atoms with Gasteiger partial charge in [-0.2, -0.15) is 0 Å². The van der Waals surface area contributed by atoms with Crippen LogP contribution in [0.1, 0.15) is 44.4 Å². The summed E-state index contributed by atoms with van der Waals surface area (Å²) in [6, 6.07) is 8.51. The Hall–Kier alpha value is -0.860. The molecule has 1 rings (SSSR count). The Balaban J connectivity index is 2.73. The van der Waals surface area contributed by atoms with Crippen molar-refractivity contribution in [2.24, 2.45) is 5.73 Å². The molecule has 0 aliphatic carbocycles. The van der Waals surface area contributed by atoms with Crippen molar-refractivity contribution in [3.05, 3.63) is 35.4 Å². The first-order valence-electron chi connectivity index (χ1n) is 6.18. The maximum atomic E-state index is 6.20. The molecule has 0 saturated carbocycles. The number of ether oxygens (including phenoxy) is 1. The normalized spacial score (nSPS) is 14.8. The number of hydrogen-bond donors (Lipinski definition) is 1. The van der Waals surface area contributed by atoms with Gasteiger partial charge in [0.15, 0.2) is 0 Å². The molecule has 0 aliphatic heterocycles. The highest BCUT2D eigenvalue weighted by atomic mass is 16.5. The molecule has 0 bridgehead atoms. The van der Waals surface area contributed by atoms with Crippen LogP contribution in [0.4, 0.5) is 0 Å². The van der Waals surface area contributed by atoms with E-state index in [0.717, 1.165) is 25.0 Å². The van der Waals surface area contributed by atoms with Crippen molar-refractivity contribution in [2.75, 3.05) is 6.61 Å². The largest absolute Gasteiger partial charge is 0.377 e. The van der Waals surface area contributed by atoms with Crippen LogP contribution in [0.25, 0.3) is 0 Å². The third-order valence-corrected chi connectivity index (χ3v) is 2.96. The van der Waals surface area contributed by atoms with Gasteiger partial charge in [0.05, 0.1) is 12.1 Å². The van der Waals surface area contributed by atoms with Crippen LogP contribution in [0.2, 0.25) is 0 Å². The third-order valence-electron chi connectivity index (χ3n) is 2.96. The molecule has 0 amide bonds. The SMILES string of the molecule is CCOC(CC)C(N)c1ccc(CC)cc1. The topological polar surface area (TPSA) is 35.2 Å². The monoisotopic (exact) mass is 221 g/mol. The molecule has 0 heterocycles. The Kier molecular flexibility index (Phi) is 5.50. The number of hydrogen-bond acceptors (Lipinski definition) is 2. The van der Waals surface area contributed by atoms with Crippen LogP contribution in [-0.2, 0) is 11.2 Å². The molecule has 0 saturated heterocycles. The molecule has 16 heavy (non-hydrogen) atoms. The van der Waals surface area contributed by atoms with Gasteiger partial charge in [0.2, 0.25) is 0 Å². The lowest BCUT2D eigenvalue weighted by Crippen LogP contribution is -2.28. The molecule has 0 aliphatic rings. The molecule has 2 atom stereocenters. The first-order valence-corrected chi connectivity index (χ1v) is 6.18. The smallest absolute Gasteiger partial charge is 0.0764 e. The van der Waals surface area contributed by atoms with Crippen molar-refractivity contribution in [3.63, 3.8) is 0 Å². The van der Waals surface area contributed by atoms with E-state index in [1.807, 2.05) is 6.92 Å². The second-order valence-electron chi connectivity index (χ2n) is 4.02. The molecule has 0 spiro atoms. The minimum Gasteiger partial charge on any atom is -0.377 e. The minimum absolute atomic E-state index is 0.0177. The molecule has 0 aromatic heterocycles. The maximum absolute atomic E-state index is 6.20. The van der Waals surface area contributed by atoms with Crippen molar-refractivity contribution in [1.82, 2.24) is 0 Å². The summed E-state index contributed by atoms with van der Waals surface area (Å²) in [7, 11) is 0. The first kappa shape index (κ1) is 13.2. The predicted molar refractivity (Wildman–Crippen MR) is 68.5 cm³/mol. The second-order valence-corrected chi connectivity index (χ2v) is 4.02. The van der Waals surface area contributed by atoms with Crippen molar-refractivity contribution < 1.29 is 4.74 Å². The zero-order valence-electron chi connectivity index (χ0n) is 10.6. The summed E-state index contributed by atoms with van der Waals surface area (Å²) in [5, 5.41) is 0. The molecule has 2 N–H and O–H groups in total. The van der Waals surface area contributed by atoms with Gasteiger partial charge in [-0.1, -0.05) is 38.1 Å². The van der Waals surface area contributed by atoms with Gasteiger partial charge in [0.1, 0.15) is 0 Å². The fourth-order valence-corrected chi connectivity index (χ4v) is 1.88. The lowest BCUT2D eigenvalue weighted by Gasteiger charge is -2.23. The van der Waals surface area contributed by atoms with Crippen molar-refractivity contribution >= 4 is 0 Å². The minimum atomic E-state index is -0.0177. The lowest BCUT2D eigenvalue weighted by atomic mass is 9.99. The quantitative estimate of drug-likeness (QED) is 0.801. The van der Waals surface area contributed by atoms with E-state index in [9.17, 15) is 0 Å². The highest BCUT2D eigenvalue weighted by molar-refractivity contribution is 5.25. The number of rotatable bonds is 6. The molecule has 0 fully saturated rings. The van der Waals surface area contributed by atoms with Crippen LogP contribution in [0.5, 0.6) is 0 Å². The van der Waals surface area contributed by atoms with Crippen molar-refractivity contribution in [2.45, 2.75) is 45.8 Å². The van der Waals surface area contributed by atoms with E-state index < -0.39 is 0 Å². The first-order chi connectivity index (χ1) is 7.72. The molecule has 1 aromatic carbocycles. The fraction of sp³-hybridized carbons (Fsp3) is 0.571. The van der Waals surface area contributed by atoms with Crippen LogP contribution in [0.3, 0.4) is 0 Å². The van der Waals surface area contributed by atoms with Gasteiger partial charge < -0.3 is 10.5 Å². The molecule has 2 nitrogen and oxygen atoms in total. The van der Waals surface area contributed by atoms with E-state index in [1.54, 1.807) is 0 Å². The van der Waals surface area contributed by atoms with Crippen LogP contribution >= 0.6 is 0 Å². The Morgan fingerprint density at radius 2 is 1.75 bits per heavy atom. The fourth-order valence-electron chi connectivity index (χ4n) is 1.88. The zero-order chi connectivity index (χ0) is 12.0. The van der Waals surface area contributed by atoms with E-state index >= 15 is 0 Å². The van der Waals surface area contributed by atoms with E-state index in [1.165, 1.54) is 5.56 Å².